The molecule has 0 amide bonds. The lowest BCUT2D eigenvalue weighted by atomic mass is 9.92. The largest absolute Gasteiger partial charge is 0.496 e. The monoisotopic (exact) mass is 285 g/mol. The van der Waals surface area contributed by atoms with Gasteiger partial charge in [-0.25, -0.2) is 0 Å². The van der Waals surface area contributed by atoms with E-state index in [1.807, 2.05) is 0 Å². The second-order valence-electron chi connectivity index (χ2n) is 5.99. The number of methoxy groups -OCH3 is 1. The number of hydrogen-bond acceptors (Lipinski definition) is 3. The van der Waals surface area contributed by atoms with Gasteiger partial charge in [-0.05, 0) is 36.6 Å². The molecule has 21 heavy (non-hydrogen) atoms. The molecule has 3 nitrogen and oxygen atoms in total. The number of benzene rings is 2. The molecule has 0 saturated carbocycles. The predicted molar refractivity (Wildman–Crippen MR) is 85.8 cm³/mol. The minimum absolute atomic E-state index is 0.153. The molecule has 0 radical (unpaired) electrons. The van der Waals surface area contributed by atoms with Crippen molar-refractivity contribution in [2.24, 2.45) is 0 Å². The van der Waals surface area contributed by atoms with E-state index in [1.165, 1.54) is 16.3 Å². The minimum Gasteiger partial charge on any atom is -0.496 e. The number of ether oxygens (including phenoxy) is 2. The average molecular weight is 285 g/mol. The normalized spacial score (nSPS) is 17.8. The first-order valence-corrected chi connectivity index (χ1v) is 7.59. The van der Waals surface area contributed by atoms with Crippen LogP contribution in [0.5, 0.6) is 5.75 Å². The summed E-state index contributed by atoms with van der Waals surface area (Å²) in [6.45, 7) is 4.79. The van der Waals surface area contributed by atoms with Gasteiger partial charge in [-0.15, -0.1) is 0 Å². The van der Waals surface area contributed by atoms with Gasteiger partial charge in [0.15, 0.2) is 0 Å². The zero-order chi connectivity index (χ0) is 14.7. The van der Waals surface area contributed by atoms with Crippen LogP contribution in [0.25, 0.3) is 10.8 Å². The Balaban J connectivity index is 1.88. The molecule has 112 valence electrons. The Hall–Kier alpha value is -1.58. The van der Waals surface area contributed by atoms with E-state index in [9.17, 15) is 0 Å². The van der Waals surface area contributed by atoms with Crippen molar-refractivity contribution in [3.05, 3.63) is 42.0 Å². The molecule has 1 fully saturated rings. The molecule has 0 spiro atoms. The molecule has 3 rings (SSSR count). The molecule has 0 aromatic heterocycles. The molecule has 2 aromatic carbocycles. The van der Waals surface area contributed by atoms with E-state index in [-0.39, 0.29) is 5.54 Å². The van der Waals surface area contributed by atoms with Crippen LogP contribution in [-0.4, -0.2) is 25.9 Å². The molecule has 1 aliphatic heterocycles. The first-order chi connectivity index (χ1) is 10.2. The second kappa shape index (κ2) is 6.04. The third-order valence-electron chi connectivity index (χ3n) is 4.51. The number of rotatable bonds is 4. The van der Waals surface area contributed by atoms with Gasteiger partial charge in [0.25, 0.3) is 0 Å². The first-order valence-electron chi connectivity index (χ1n) is 7.59. The van der Waals surface area contributed by atoms with E-state index in [1.54, 1.807) is 7.11 Å². The van der Waals surface area contributed by atoms with Gasteiger partial charge in [0.1, 0.15) is 5.75 Å². The van der Waals surface area contributed by atoms with Crippen LogP contribution in [0.3, 0.4) is 0 Å². The molecule has 0 unspecified atom stereocenters. The summed E-state index contributed by atoms with van der Waals surface area (Å²) in [6.07, 6.45) is 2.11. The van der Waals surface area contributed by atoms with Crippen molar-refractivity contribution < 1.29 is 9.47 Å². The van der Waals surface area contributed by atoms with E-state index in [2.05, 4.69) is 48.6 Å². The lowest BCUT2D eigenvalue weighted by molar-refractivity contribution is 0.0446. The fraction of sp³-hybridized carbons (Fsp3) is 0.444. The Bertz CT molecular complexity index is 618. The highest BCUT2D eigenvalue weighted by Crippen LogP contribution is 2.29. The molecule has 0 atom stereocenters. The average Bonchev–Trinajstić information content (AvgIpc) is 2.53. The molecule has 0 aliphatic carbocycles. The van der Waals surface area contributed by atoms with Gasteiger partial charge in [-0.3, -0.25) is 0 Å². The summed E-state index contributed by atoms with van der Waals surface area (Å²) in [7, 11) is 1.74. The van der Waals surface area contributed by atoms with Gasteiger partial charge in [-0.2, -0.15) is 0 Å². The summed E-state index contributed by atoms with van der Waals surface area (Å²) < 4.78 is 11.0. The van der Waals surface area contributed by atoms with Crippen LogP contribution < -0.4 is 10.1 Å². The maximum Gasteiger partial charge on any atom is 0.123 e. The quantitative estimate of drug-likeness (QED) is 0.932. The molecular weight excluding hydrogens is 262 g/mol. The van der Waals surface area contributed by atoms with Crippen molar-refractivity contribution in [1.82, 2.24) is 5.32 Å². The molecule has 2 aromatic rings. The highest BCUT2D eigenvalue weighted by atomic mass is 16.5. The second-order valence-corrected chi connectivity index (χ2v) is 5.99. The van der Waals surface area contributed by atoms with Crippen LogP contribution in [0.1, 0.15) is 25.3 Å². The van der Waals surface area contributed by atoms with Gasteiger partial charge in [0.2, 0.25) is 0 Å². The summed E-state index contributed by atoms with van der Waals surface area (Å²) >= 11 is 0. The van der Waals surface area contributed by atoms with E-state index >= 15 is 0 Å². The Kier molecular flexibility index (Phi) is 4.13. The molecule has 1 aliphatic rings. The Morgan fingerprint density at radius 2 is 1.90 bits per heavy atom. The SMILES string of the molecule is COc1ccc2ccccc2c1CNC1(C)CCOCC1. The smallest absolute Gasteiger partial charge is 0.123 e. The summed E-state index contributed by atoms with van der Waals surface area (Å²) in [5.41, 5.74) is 1.39. The van der Waals surface area contributed by atoms with Gasteiger partial charge in [-0.1, -0.05) is 30.3 Å². The van der Waals surface area contributed by atoms with Crippen LogP contribution in [0.2, 0.25) is 0 Å². The third-order valence-corrected chi connectivity index (χ3v) is 4.51. The maximum atomic E-state index is 5.56. The molecule has 1 heterocycles. The Morgan fingerprint density at radius 1 is 1.14 bits per heavy atom. The fourth-order valence-electron chi connectivity index (χ4n) is 2.99. The summed E-state index contributed by atoms with van der Waals surface area (Å²) in [5, 5.41) is 6.24. The highest BCUT2D eigenvalue weighted by molar-refractivity contribution is 5.87. The number of hydrogen-bond donors (Lipinski definition) is 1. The summed E-state index contributed by atoms with van der Waals surface area (Å²) in [6, 6.07) is 12.7. The predicted octanol–water partition coefficient (Wildman–Crippen LogP) is 3.51. The number of nitrogens with one attached hydrogen (secondary N) is 1. The van der Waals surface area contributed by atoms with Crippen molar-refractivity contribution in [2.75, 3.05) is 20.3 Å². The molecular formula is C18H23NO2. The zero-order valence-corrected chi connectivity index (χ0v) is 12.8. The van der Waals surface area contributed by atoms with Gasteiger partial charge >= 0.3 is 0 Å². The van der Waals surface area contributed by atoms with Crippen LogP contribution in [-0.2, 0) is 11.3 Å². The van der Waals surface area contributed by atoms with Gasteiger partial charge in [0, 0.05) is 30.9 Å². The molecule has 3 heteroatoms. The van der Waals surface area contributed by atoms with Crippen molar-refractivity contribution >= 4 is 10.8 Å². The van der Waals surface area contributed by atoms with E-state index < -0.39 is 0 Å². The van der Waals surface area contributed by atoms with Crippen LogP contribution >= 0.6 is 0 Å². The van der Waals surface area contributed by atoms with Crippen LogP contribution in [0.4, 0.5) is 0 Å². The van der Waals surface area contributed by atoms with Crippen molar-refractivity contribution in [2.45, 2.75) is 31.8 Å². The molecule has 1 N–H and O–H groups in total. The maximum absolute atomic E-state index is 5.56. The first kappa shape index (κ1) is 14.4. The van der Waals surface area contributed by atoms with E-state index in [4.69, 9.17) is 9.47 Å². The van der Waals surface area contributed by atoms with Crippen LogP contribution in [0, 0.1) is 0 Å². The summed E-state index contributed by atoms with van der Waals surface area (Å²) in [4.78, 5) is 0. The molecule has 1 saturated heterocycles. The van der Waals surface area contributed by atoms with Crippen molar-refractivity contribution in [3.63, 3.8) is 0 Å². The molecule has 0 bridgehead atoms. The lowest BCUT2D eigenvalue weighted by Crippen LogP contribution is -2.46. The Labute approximate surface area is 126 Å². The zero-order valence-electron chi connectivity index (χ0n) is 12.8. The van der Waals surface area contributed by atoms with Crippen LogP contribution in [0.15, 0.2) is 36.4 Å². The lowest BCUT2D eigenvalue weighted by Gasteiger charge is -2.35. The highest BCUT2D eigenvalue weighted by Gasteiger charge is 2.27. The standard InChI is InChI=1S/C18H23NO2/c1-18(9-11-21-12-10-18)19-13-16-15-6-4-3-5-14(15)7-8-17(16)20-2/h3-8,19H,9-13H2,1-2H3. The number of fused-ring (bicyclic) bond motifs is 1. The van der Waals surface area contributed by atoms with Crippen molar-refractivity contribution in [1.29, 1.82) is 0 Å². The third kappa shape index (κ3) is 3.04. The summed E-state index contributed by atoms with van der Waals surface area (Å²) in [5.74, 6) is 0.955. The van der Waals surface area contributed by atoms with Gasteiger partial charge in [0.05, 0.1) is 7.11 Å². The topological polar surface area (TPSA) is 30.5 Å². The van der Waals surface area contributed by atoms with Gasteiger partial charge < -0.3 is 14.8 Å². The Morgan fingerprint density at radius 3 is 2.67 bits per heavy atom. The van der Waals surface area contributed by atoms with E-state index in [0.29, 0.717) is 0 Å². The fourth-order valence-corrected chi connectivity index (χ4v) is 2.99. The van der Waals surface area contributed by atoms with E-state index in [0.717, 1.165) is 38.3 Å². The van der Waals surface area contributed by atoms with Crippen molar-refractivity contribution in [3.8, 4) is 5.75 Å². The minimum atomic E-state index is 0.153.